The Balaban J connectivity index is 1.93. The van der Waals surface area contributed by atoms with Crippen molar-refractivity contribution in [1.29, 1.82) is 0 Å². The first-order valence-electron chi connectivity index (χ1n) is 6.73. The monoisotopic (exact) mass is 309 g/mol. The molecule has 2 aromatic rings. The summed E-state index contributed by atoms with van der Waals surface area (Å²) in [6, 6.07) is 2.13. The Kier molecular flexibility index (Phi) is 4.94. The van der Waals surface area contributed by atoms with Crippen LogP contribution in [-0.4, -0.2) is 41.6 Å². The van der Waals surface area contributed by atoms with Crippen molar-refractivity contribution >= 4 is 23.5 Å². The molecular formula is C12H19N7OS. The molecule has 0 aliphatic rings. The van der Waals surface area contributed by atoms with Gasteiger partial charge in [0.1, 0.15) is 5.82 Å². The molecule has 0 saturated heterocycles. The lowest BCUT2D eigenvalue weighted by Crippen LogP contribution is -2.18. The molecule has 2 rings (SSSR count). The van der Waals surface area contributed by atoms with E-state index in [0.29, 0.717) is 11.0 Å². The van der Waals surface area contributed by atoms with Crippen molar-refractivity contribution in [3.8, 4) is 0 Å². The van der Waals surface area contributed by atoms with Gasteiger partial charge in [0.25, 0.3) is 0 Å². The van der Waals surface area contributed by atoms with Crippen LogP contribution in [0.3, 0.4) is 0 Å². The van der Waals surface area contributed by atoms with Crippen LogP contribution in [0.25, 0.3) is 0 Å². The fraction of sp³-hybridized carbons (Fsp3) is 0.583. The molecule has 21 heavy (non-hydrogen) atoms. The predicted molar refractivity (Wildman–Crippen MR) is 80.2 cm³/mol. The molecule has 0 aromatic carbocycles. The Bertz CT molecular complexity index is 604. The predicted octanol–water partition coefficient (Wildman–Crippen LogP) is 1.76. The smallest absolute Gasteiger partial charge is 0.235 e. The molecule has 1 N–H and O–H groups in total. The third-order valence-corrected chi connectivity index (χ3v) is 3.64. The van der Waals surface area contributed by atoms with Gasteiger partial charge in [-0.25, -0.2) is 9.36 Å². The van der Waals surface area contributed by atoms with Gasteiger partial charge in [-0.1, -0.05) is 11.8 Å². The fourth-order valence-corrected chi connectivity index (χ4v) is 2.54. The van der Waals surface area contributed by atoms with Gasteiger partial charge in [-0.05, 0) is 38.1 Å². The van der Waals surface area contributed by atoms with Gasteiger partial charge >= 0.3 is 0 Å². The largest absolute Gasteiger partial charge is 0.310 e. The molecular weight excluding hydrogens is 290 g/mol. The number of nitrogens with zero attached hydrogens (tertiary/aromatic N) is 6. The fourth-order valence-electron chi connectivity index (χ4n) is 1.74. The molecule has 0 fully saturated rings. The summed E-state index contributed by atoms with van der Waals surface area (Å²) in [5.41, 5.74) is 0. The molecule has 1 amide bonds. The van der Waals surface area contributed by atoms with Crippen molar-refractivity contribution in [1.82, 2.24) is 30.0 Å². The van der Waals surface area contributed by atoms with Gasteiger partial charge in [0.05, 0.1) is 18.0 Å². The summed E-state index contributed by atoms with van der Waals surface area (Å²) in [6.45, 7) is 7.99. The Hall–Kier alpha value is -1.90. The lowest BCUT2D eigenvalue weighted by molar-refractivity contribution is -0.113. The summed E-state index contributed by atoms with van der Waals surface area (Å²) in [6.07, 6.45) is 1.67. The summed E-state index contributed by atoms with van der Waals surface area (Å²) in [5.74, 6) is 0.830. The normalized spacial score (nSPS) is 11.3. The number of tetrazole rings is 1. The van der Waals surface area contributed by atoms with E-state index in [1.807, 2.05) is 27.7 Å². The minimum atomic E-state index is -0.110. The van der Waals surface area contributed by atoms with Crippen molar-refractivity contribution in [2.75, 3.05) is 11.1 Å². The van der Waals surface area contributed by atoms with E-state index in [1.54, 1.807) is 21.6 Å². The summed E-state index contributed by atoms with van der Waals surface area (Å²) in [4.78, 5) is 12.0. The van der Waals surface area contributed by atoms with E-state index < -0.39 is 0 Å². The molecule has 0 radical (unpaired) electrons. The van der Waals surface area contributed by atoms with Crippen LogP contribution in [0.4, 0.5) is 5.82 Å². The maximum Gasteiger partial charge on any atom is 0.235 e. The third-order valence-electron chi connectivity index (χ3n) is 2.71. The van der Waals surface area contributed by atoms with Crippen LogP contribution in [-0.2, 0) is 4.79 Å². The van der Waals surface area contributed by atoms with Crippen LogP contribution >= 0.6 is 11.8 Å². The highest BCUT2D eigenvalue weighted by Crippen LogP contribution is 2.18. The summed E-state index contributed by atoms with van der Waals surface area (Å²) in [5, 5.41) is 19.1. The van der Waals surface area contributed by atoms with E-state index in [9.17, 15) is 4.79 Å². The lowest BCUT2D eigenvalue weighted by atomic mass is 10.4. The molecule has 8 nitrogen and oxygen atoms in total. The zero-order valence-corrected chi connectivity index (χ0v) is 13.3. The number of carbonyl (C=O) groups excluding carboxylic acids is 1. The zero-order valence-electron chi connectivity index (χ0n) is 12.5. The van der Waals surface area contributed by atoms with E-state index in [2.05, 4.69) is 25.9 Å². The van der Waals surface area contributed by atoms with E-state index in [0.717, 1.165) is 0 Å². The van der Waals surface area contributed by atoms with Gasteiger partial charge in [-0.3, -0.25) is 4.79 Å². The van der Waals surface area contributed by atoms with Crippen LogP contribution in [0.1, 0.15) is 39.8 Å². The van der Waals surface area contributed by atoms with Crippen molar-refractivity contribution in [2.45, 2.75) is 44.9 Å². The van der Waals surface area contributed by atoms with Crippen molar-refractivity contribution < 1.29 is 4.79 Å². The van der Waals surface area contributed by atoms with Crippen molar-refractivity contribution in [2.24, 2.45) is 0 Å². The highest BCUT2D eigenvalue weighted by atomic mass is 32.2. The minimum Gasteiger partial charge on any atom is -0.310 e. The van der Waals surface area contributed by atoms with Gasteiger partial charge in [0.2, 0.25) is 11.1 Å². The number of amides is 1. The van der Waals surface area contributed by atoms with E-state index >= 15 is 0 Å². The average Bonchev–Trinajstić information content (AvgIpc) is 3.04. The number of hydrogen-bond donors (Lipinski definition) is 1. The second-order valence-corrected chi connectivity index (χ2v) is 6.03. The molecule has 0 aliphatic heterocycles. The summed E-state index contributed by atoms with van der Waals surface area (Å²) < 4.78 is 3.46. The first-order chi connectivity index (χ1) is 9.99. The molecule has 0 bridgehead atoms. The molecule has 2 heterocycles. The van der Waals surface area contributed by atoms with Gasteiger partial charge in [0, 0.05) is 12.1 Å². The maximum atomic E-state index is 12.0. The molecule has 0 spiro atoms. The van der Waals surface area contributed by atoms with Gasteiger partial charge in [-0.2, -0.15) is 5.10 Å². The molecule has 114 valence electrons. The Morgan fingerprint density at radius 1 is 1.29 bits per heavy atom. The Morgan fingerprint density at radius 3 is 2.67 bits per heavy atom. The summed E-state index contributed by atoms with van der Waals surface area (Å²) in [7, 11) is 0. The van der Waals surface area contributed by atoms with Crippen LogP contribution in [0.2, 0.25) is 0 Å². The van der Waals surface area contributed by atoms with Crippen LogP contribution in [0.15, 0.2) is 17.4 Å². The van der Waals surface area contributed by atoms with Crippen LogP contribution in [0, 0.1) is 0 Å². The molecule has 0 unspecified atom stereocenters. The number of carbonyl (C=O) groups is 1. The lowest BCUT2D eigenvalue weighted by Gasteiger charge is -2.11. The zero-order chi connectivity index (χ0) is 15.4. The van der Waals surface area contributed by atoms with E-state index in [-0.39, 0.29) is 23.7 Å². The molecule has 0 atom stereocenters. The quantitative estimate of drug-likeness (QED) is 0.818. The first kappa shape index (κ1) is 15.5. The third kappa shape index (κ3) is 3.81. The average molecular weight is 309 g/mol. The van der Waals surface area contributed by atoms with Crippen molar-refractivity contribution in [3.63, 3.8) is 0 Å². The Morgan fingerprint density at radius 2 is 2.00 bits per heavy atom. The Labute approximate surface area is 127 Å². The standard InChI is InChI=1S/C12H19N7OS/c1-8(2)18-10(5-6-13-18)14-11(20)7-21-12-15-16-17-19(12)9(3)4/h5-6,8-9H,7H2,1-4H3,(H,14,20). The second-order valence-electron chi connectivity index (χ2n) is 5.09. The minimum absolute atomic E-state index is 0.110. The van der Waals surface area contributed by atoms with Crippen LogP contribution in [0.5, 0.6) is 0 Å². The SMILES string of the molecule is CC(C)n1nccc1NC(=O)CSc1nnnn1C(C)C. The van der Waals surface area contributed by atoms with Gasteiger partial charge in [0.15, 0.2) is 0 Å². The number of hydrogen-bond acceptors (Lipinski definition) is 6. The second kappa shape index (κ2) is 6.70. The highest BCUT2D eigenvalue weighted by molar-refractivity contribution is 7.99. The number of aromatic nitrogens is 6. The molecule has 9 heteroatoms. The maximum absolute atomic E-state index is 12.0. The molecule has 0 aliphatic carbocycles. The van der Waals surface area contributed by atoms with Crippen LogP contribution < -0.4 is 5.32 Å². The highest BCUT2D eigenvalue weighted by Gasteiger charge is 2.13. The van der Waals surface area contributed by atoms with Crippen molar-refractivity contribution in [3.05, 3.63) is 12.3 Å². The number of rotatable bonds is 6. The molecule has 0 saturated carbocycles. The van der Waals surface area contributed by atoms with E-state index in [1.165, 1.54) is 11.8 Å². The van der Waals surface area contributed by atoms with E-state index in [4.69, 9.17) is 0 Å². The number of nitrogens with one attached hydrogen (secondary N) is 1. The number of anilines is 1. The summed E-state index contributed by atoms with van der Waals surface area (Å²) >= 11 is 1.31. The number of thioether (sulfide) groups is 1. The topological polar surface area (TPSA) is 90.5 Å². The van der Waals surface area contributed by atoms with Gasteiger partial charge in [-0.15, -0.1) is 5.10 Å². The first-order valence-corrected chi connectivity index (χ1v) is 7.71. The molecule has 2 aromatic heterocycles. The van der Waals surface area contributed by atoms with Gasteiger partial charge < -0.3 is 5.32 Å².